The summed E-state index contributed by atoms with van der Waals surface area (Å²) >= 11 is 0. The van der Waals surface area contributed by atoms with E-state index >= 15 is 0 Å². The van der Waals surface area contributed by atoms with Crippen LogP contribution >= 0.6 is 0 Å². The van der Waals surface area contributed by atoms with Gasteiger partial charge in [-0.1, -0.05) is 31.4 Å². The Morgan fingerprint density at radius 2 is 1.87 bits per heavy atom. The Bertz CT molecular complexity index is 1320. The summed E-state index contributed by atoms with van der Waals surface area (Å²) in [5.74, 6) is 1.97. The Hall–Kier alpha value is -3.41. The molecule has 3 aromatic heterocycles. The van der Waals surface area contributed by atoms with Crippen LogP contribution in [-0.2, 0) is 6.42 Å². The number of H-pyrrole nitrogens is 2. The molecule has 3 heterocycles. The fourth-order valence-corrected chi connectivity index (χ4v) is 4.80. The van der Waals surface area contributed by atoms with Crippen molar-refractivity contribution < 1.29 is 4.42 Å². The van der Waals surface area contributed by atoms with Gasteiger partial charge in [-0.05, 0) is 54.2 Å². The van der Waals surface area contributed by atoms with Crippen LogP contribution in [0.5, 0.6) is 0 Å². The molecule has 1 aliphatic carbocycles. The van der Waals surface area contributed by atoms with Gasteiger partial charge in [-0.25, -0.2) is 0 Å². The molecule has 1 saturated carbocycles. The van der Waals surface area contributed by atoms with Crippen LogP contribution in [0.15, 0.2) is 53.2 Å². The average molecular weight is 397 g/mol. The van der Waals surface area contributed by atoms with Crippen LogP contribution in [0.1, 0.15) is 38.0 Å². The number of nitrogens with zero attached hydrogens (tertiary/aromatic N) is 3. The number of hydrogen-bond donors (Lipinski definition) is 2. The number of aromatic nitrogens is 5. The highest BCUT2D eigenvalue weighted by molar-refractivity contribution is 6.01. The second-order valence-electron chi connectivity index (χ2n) is 8.31. The van der Waals surface area contributed by atoms with Crippen LogP contribution in [0.3, 0.4) is 0 Å². The zero-order chi connectivity index (χ0) is 19.9. The maximum absolute atomic E-state index is 6.14. The first-order chi connectivity index (χ1) is 14.8. The summed E-state index contributed by atoms with van der Waals surface area (Å²) in [6, 6.07) is 12.7. The first-order valence-corrected chi connectivity index (χ1v) is 10.7. The van der Waals surface area contributed by atoms with E-state index in [1.54, 1.807) is 0 Å². The topological polar surface area (TPSA) is 83.4 Å². The number of nitrogens with one attached hydrogen (secondary N) is 2. The van der Waals surface area contributed by atoms with E-state index in [1.165, 1.54) is 37.5 Å². The van der Waals surface area contributed by atoms with E-state index in [1.807, 2.05) is 12.4 Å². The molecule has 1 aliphatic rings. The van der Waals surface area contributed by atoms with E-state index in [0.29, 0.717) is 11.8 Å². The number of hydrogen-bond acceptors (Lipinski definition) is 4. The van der Waals surface area contributed by atoms with Crippen LogP contribution in [-0.4, -0.2) is 25.4 Å². The third kappa shape index (κ3) is 3.00. The Morgan fingerprint density at radius 3 is 2.80 bits per heavy atom. The van der Waals surface area contributed by atoms with Crippen molar-refractivity contribution in [3.63, 3.8) is 0 Å². The van der Waals surface area contributed by atoms with Gasteiger partial charge in [-0.3, -0.25) is 5.10 Å². The SMILES string of the molecule is c1cc(-c2cc(-c3nnc(CC4CCCCC4)o3)c3cn[nH]c3c2)c2cc[nH]c2c1. The fourth-order valence-electron chi connectivity index (χ4n) is 4.80. The molecule has 6 heteroatoms. The molecular formula is C24H23N5O. The van der Waals surface area contributed by atoms with Crippen molar-refractivity contribution in [1.29, 1.82) is 0 Å². The van der Waals surface area contributed by atoms with E-state index in [-0.39, 0.29) is 0 Å². The van der Waals surface area contributed by atoms with Gasteiger partial charge in [0.2, 0.25) is 11.8 Å². The molecule has 2 N–H and O–H groups in total. The maximum Gasteiger partial charge on any atom is 0.248 e. The summed E-state index contributed by atoms with van der Waals surface area (Å²) in [5, 5.41) is 18.3. The first kappa shape index (κ1) is 17.4. The zero-order valence-electron chi connectivity index (χ0n) is 16.7. The highest BCUT2D eigenvalue weighted by Crippen LogP contribution is 2.36. The smallest absolute Gasteiger partial charge is 0.248 e. The molecule has 0 unspecified atom stereocenters. The number of fused-ring (bicyclic) bond motifs is 2. The van der Waals surface area contributed by atoms with Crippen LogP contribution in [0.4, 0.5) is 0 Å². The zero-order valence-corrected chi connectivity index (χ0v) is 16.7. The van der Waals surface area contributed by atoms with Crippen molar-refractivity contribution in [3.8, 4) is 22.6 Å². The molecule has 0 saturated heterocycles. The Kier molecular flexibility index (Phi) is 4.15. The molecule has 0 radical (unpaired) electrons. The molecule has 5 aromatic rings. The number of rotatable bonds is 4. The van der Waals surface area contributed by atoms with Gasteiger partial charge in [0.25, 0.3) is 0 Å². The van der Waals surface area contributed by atoms with Gasteiger partial charge in [0.1, 0.15) is 0 Å². The molecule has 0 atom stereocenters. The quantitative estimate of drug-likeness (QED) is 0.396. The summed E-state index contributed by atoms with van der Waals surface area (Å²) in [6.07, 6.45) is 11.2. The van der Waals surface area contributed by atoms with Crippen molar-refractivity contribution in [1.82, 2.24) is 25.4 Å². The lowest BCUT2D eigenvalue weighted by Crippen LogP contribution is -2.09. The van der Waals surface area contributed by atoms with E-state index in [0.717, 1.165) is 45.4 Å². The lowest BCUT2D eigenvalue weighted by Gasteiger charge is -2.19. The molecular weight excluding hydrogens is 374 g/mol. The van der Waals surface area contributed by atoms with Gasteiger partial charge < -0.3 is 9.40 Å². The summed E-state index contributed by atoms with van der Waals surface area (Å²) < 4.78 is 6.14. The second-order valence-corrected chi connectivity index (χ2v) is 8.31. The minimum Gasteiger partial charge on any atom is -0.421 e. The lowest BCUT2D eigenvalue weighted by atomic mass is 9.87. The largest absolute Gasteiger partial charge is 0.421 e. The number of benzene rings is 2. The van der Waals surface area contributed by atoms with Crippen LogP contribution < -0.4 is 0 Å². The molecule has 2 aromatic carbocycles. The monoisotopic (exact) mass is 397 g/mol. The van der Waals surface area contributed by atoms with Crippen LogP contribution in [0, 0.1) is 5.92 Å². The second kappa shape index (κ2) is 7.13. The third-order valence-electron chi connectivity index (χ3n) is 6.35. The van der Waals surface area contributed by atoms with E-state index in [9.17, 15) is 0 Å². The van der Waals surface area contributed by atoms with Gasteiger partial charge in [-0.15, -0.1) is 10.2 Å². The summed E-state index contributed by atoms with van der Waals surface area (Å²) in [6.45, 7) is 0. The molecule has 6 rings (SSSR count). The van der Waals surface area contributed by atoms with Crippen molar-refractivity contribution in [2.24, 2.45) is 5.92 Å². The predicted molar refractivity (Wildman–Crippen MR) is 117 cm³/mol. The van der Waals surface area contributed by atoms with Crippen molar-refractivity contribution in [2.45, 2.75) is 38.5 Å². The Balaban J connectivity index is 1.43. The molecule has 1 fully saturated rings. The summed E-state index contributed by atoms with van der Waals surface area (Å²) in [4.78, 5) is 3.29. The van der Waals surface area contributed by atoms with Crippen LogP contribution in [0.25, 0.3) is 44.4 Å². The summed E-state index contributed by atoms with van der Waals surface area (Å²) in [5.41, 5.74) is 5.26. The highest BCUT2D eigenvalue weighted by Gasteiger charge is 2.20. The third-order valence-corrected chi connectivity index (χ3v) is 6.35. The van der Waals surface area contributed by atoms with E-state index in [2.05, 4.69) is 61.8 Å². The molecule has 0 spiro atoms. The highest BCUT2D eigenvalue weighted by atomic mass is 16.4. The normalized spacial score (nSPS) is 15.3. The van der Waals surface area contributed by atoms with Crippen molar-refractivity contribution in [2.75, 3.05) is 0 Å². The maximum atomic E-state index is 6.14. The van der Waals surface area contributed by atoms with Crippen molar-refractivity contribution in [3.05, 3.63) is 54.7 Å². The van der Waals surface area contributed by atoms with Gasteiger partial charge in [0, 0.05) is 28.9 Å². The minimum absolute atomic E-state index is 0.565. The van der Waals surface area contributed by atoms with Crippen LogP contribution in [0.2, 0.25) is 0 Å². The van der Waals surface area contributed by atoms with E-state index < -0.39 is 0 Å². The molecule has 0 bridgehead atoms. The first-order valence-electron chi connectivity index (χ1n) is 10.7. The Labute approximate surface area is 173 Å². The van der Waals surface area contributed by atoms with Gasteiger partial charge in [0.05, 0.1) is 17.3 Å². The lowest BCUT2D eigenvalue weighted by molar-refractivity contribution is 0.330. The Morgan fingerprint density at radius 1 is 0.933 bits per heavy atom. The van der Waals surface area contributed by atoms with Crippen molar-refractivity contribution >= 4 is 21.8 Å². The molecule has 6 nitrogen and oxygen atoms in total. The van der Waals surface area contributed by atoms with Gasteiger partial charge >= 0.3 is 0 Å². The molecule has 150 valence electrons. The molecule has 30 heavy (non-hydrogen) atoms. The van der Waals surface area contributed by atoms with Gasteiger partial charge in [-0.2, -0.15) is 5.10 Å². The van der Waals surface area contributed by atoms with Gasteiger partial charge in [0.15, 0.2) is 0 Å². The molecule has 0 aliphatic heterocycles. The summed E-state index contributed by atoms with van der Waals surface area (Å²) in [7, 11) is 0. The van der Waals surface area contributed by atoms with E-state index in [4.69, 9.17) is 4.42 Å². The predicted octanol–water partition coefficient (Wildman–Crippen LogP) is 5.88. The minimum atomic E-state index is 0.565. The molecule has 0 amide bonds. The standard InChI is InChI=1S/C24H23N5O/c1-2-5-15(6-3-1)11-23-28-29-24(30-23)19-12-16(13-22-20(19)14-26-27-22)17-7-4-8-21-18(17)9-10-25-21/h4,7-10,12-15,25H,1-3,5-6,11H2,(H,26,27). The average Bonchev–Trinajstić information content (AvgIpc) is 3.53. The number of aromatic amines is 2. The fraction of sp³-hybridized carbons (Fsp3) is 0.292.